The minimum absolute atomic E-state index is 0.164. The van der Waals surface area contributed by atoms with Crippen molar-refractivity contribution < 1.29 is 14.3 Å². The molecule has 0 aliphatic rings. The van der Waals surface area contributed by atoms with Gasteiger partial charge in [-0.1, -0.05) is 6.08 Å². The van der Waals surface area contributed by atoms with E-state index in [1.807, 2.05) is 0 Å². The Morgan fingerprint density at radius 2 is 2.30 bits per heavy atom. The first-order valence-corrected chi connectivity index (χ1v) is 2.98. The minimum atomic E-state index is -0.427. The Hall–Kier alpha value is -0.960. The summed E-state index contributed by atoms with van der Waals surface area (Å²) in [5.41, 5.74) is 0. The molecule has 0 atom stereocenters. The first-order valence-electron chi connectivity index (χ1n) is 2.98. The summed E-state index contributed by atoms with van der Waals surface area (Å²) in [7, 11) is 0. The molecule has 0 aliphatic carbocycles. The van der Waals surface area contributed by atoms with E-state index in [9.17, 15) is 9.59 Å². The fourth-order valence-electron chi connectivity index (χ4n) is 0.398. The maximum Gasteiger partial charge on any atom is 0.197 e. The molecule has 0 aliphatic heterocycles. The molecule has 0 saturated carbocycles. The maximum atomic E-state index is 10.3. The number of ketones is 1. The summed E-state index contributed by atoms with van der Waals surface area (Å²) < 4.78 is 4.86. The molecule has 3 nitrogen and oxygen atoms in total. The number of rotatable bonds is 6. The zero-order valence-electron chi connectivity index (χ0n) is 5.71. The van der Waals surface area contributed by atoms with Crippen molar-refractivity contribution >= 4 is 12.1 Å². The average molecular weight is 142 g/mol. The first kappa shape index (κ1) is 9.04. The molecular weight excluding hydrogens is 132 g/mol. The van der Waals surface area contributed by atoms with Crippen molar-refractivity contribution in [3.05, 3.63) is 12.7 Å². The predicted molar refractivity (Wildman–Crippen MR) is 36.7 cm³/mol. The molecule has 56 valence electrons. The van der Waals surface area contributed by atoms with Crippen LogP contribution in [0.25, 0.3) is 0 Å². The molecular formula is C7H10O3. The van der Waals surface area contributed by atoms with Crippen LogP contribution in [0.5, 0.6) is 0 Å². The van der Waals surface area contributed by atoms with Crippen LogP contribution in [-0.2, 0) is 14.3 Å². The van der Waals surface area contributed by atoms with Gasteiger partial charge in [0, 0.05) is 6.42 Å². The third-order valence-electron chi connectivity index (χ3n) is 0.860. The highest BCUT2D eigenvalue weighted by Gasteiger charge is 1.96. The van der Waals surface area contributed by atoms with Crippen molar-refractivity contribution in [1.82, 2.24) is 0 Å². The molecule has 0 unspecified atom stereocenters. The molecule has 0 bridgehead atoms. The van der Waals surface area contributed by atoms with E-state index in [0.29, 0.717) is 19.5 Å². The lowest BCUT2D eigenvalue weighted by atomic mass is 10.3. The Kier molecular flexibility index (Phi) is 5.57. The SMILES string of the molecule is C=CCOCCC(=O)C=O. The van der Waals surface area contributed by atoms with Gasteiger partial charge in [-0.2, -0.15) is 0 Å². The first-order chi connectivity index (χ1) is 4.81. The van der Waals surface area contributed by atoms with E-state index in [2.05, 4.69) is 6.58 Å². The third kappa shape index (κ3) is 5.18. The number of hydrogen-bond donors (Lipinski definition) is 0. The van der Waals surface area contributed by atoms with Gasteiger partial charge in [-0.25, -0.2) is 0 Å². The maximum absolute atomic E-state index is 10.3. The molecule has 0 saturated heterocycles. The molecule has 0 heterocycles. The summed E-state index contributed by atoms with van der Waals surface area (Å²) in [6.07, 6.45) is 2.06. The highest BCUT2D eigenvalue weighted by atomic mass is 16.5. The molecule has 3 heteroatoms. The second-order valence-corrected chi connectivity index (χ2v) is 1.70. The van der Waals surface area contributed by atoms with Gasteiger partial charge in [-0.15, -0.1) is 6.58 Å². The molecule has 0 N–H and O–H groups in total. The van der Waals surface area contributed by atoms with Gasteiger partial charge in [0.1, 0.15) is 0 Å². The highest BCUT2D eigenvalue weighted by molar-refractivity contribution is 6.24. The number of ether oxygens (including phenoxy) is 1. The molecule has 0 rings (SSSR count). The van der Waals surface area contributed by atoms with Crippen LogP contribution in [-0.4, -0.2) is 25.3 Å². The molecule has 0 fully saturated rings. The summed E-state index contributed by atoms with van der Waals surface area (Å²) in [5, 5.41) is 0. The summed E-state index contributed by atoms with van der Waals surface area (Å²) >= 11 is 0. The third-order valence-corrected chi connectivity index (χ3v) is 0.860. The second-order valence-electron chi connectivity index (χ2n) is 1.70. The fraction of sp³-hybridized carbons (Fsp3) is 0.429. The van der Waals surface area contributed by atoms with Crippen molar-refractivity contribution in [2.45, 2.75) is 6.42 Å². The van der Waals surface area contributed by atoms with Gasteiger partial charge in [-0.3, -0.25) is 9.59 Å². The van der Waals surface area contributed by atoms with E-state index >= 15 is 0 Å². The average Bonchev–Trinajstić information content (AvgIpc) is 1.98. The van der Waals surface area contributed by atoms with E-state index in [1.54, 1.807) is 6.08 Å². The largest absolute Gasteiger partial charge is 0.377 e. The zero-order valence-corrected chi connectivity index (χ0v) is 5.71. The second kappa shape index (κ2) is 6.16. The van der Waals surface area contributed by atoms with Crippen molar-refractivity contribution in [3.63, 3.8) is 0 Å². The smallest absolute Gasteiger partial charge is 0.197 e. The van der Waals surface area contributed by atoms with Crippen LogP contribution in [0.15, 0.2) is 12.7 Å². The number of hydrogen-bond acceptors (Lipinski definition) is 3. The Morgan fingerprint density at radius 1 is 1.60 bits per heavy atom. The lowest BCUT2D eigenvalue weighted by molar-refractivity contribution is -0.130. The number of carbonyl (C=O) groups excluding carboxylic acids is 2. The Bertz CT molecular complexity index is 129. The van der Waals surface area contributed by atoms with Crippen LogP contribution in [0, 0.1) is 0 Å². The van der Waals surface area contributed by atoms with E-state index in [0.717, 1.165) is 0 Å². The summed E-state index contributed by atoms with van der Waals surface area (Å²) in [6.45, 7) is 4.14. The zero-order chi connectivity index (χ0) is 7.82. The fourth-order valence-corrected chi connectivity index (χ4v) is 0.398. The molecule has 10 heavy (non-hydrogen) atoms. The quantitative estimate of drug-likeness (QED) is 0.232. The molecule has 0 aromatic rings. The normalized spacial score (nSPS) is 8.80. The van der Waals surface area contributed by atoms with Gasteiger partial charge in [0.05, 0.1) is 13.2 Å². The molecule has 0 spiro atoms. The van der Waals surface area contributed by atoms with Crippen LogP contribution in [0.4, 0.5) is 0 Å². The summed E-state index contributed by atoms with van der Waals surface area (Å²) in [4.78, 5) is 20.0. The van der Waals surface area contributed by atoms with Crippen LogP contribution >= 0.6 is 0 Å². The van der Waals surface area contributed by atoms with Crippen molar-refractivity contribution in [3.8, 4) is 0 Å². The minimum Gasteiger partial charge on any atom is -0.377 e. The van der Waals surface area contributed by atoms with Gasteiger partial charge < -0.3 is 4.74 Å². The number of carbonyl (C=O) groups is 2. The van der Waals surface area contributed by atoms with Crippen molar-refractivity contribution in [1.29, 1.82) is 0 Å². The van der Waals surface area contributed by atoms with E-state index in [4.69, 9.17) is 4.74 Å². The van der Waals surface area contributed by atoms with Gasteiger partial charge in [0.2, 0.25) is 0 Å². The molecule has 0 aromatic carbocycles. The van der Waals surface area contributed by atoms with E-state index < -0.39 is 5.78 Å². The van der Waals surface area contributed by atoms with Gasteiger partial charge in [0.15, 0.2) is 12.1 Å². The van der Waals surface area contributed by atoms with Crippen LogP contribution in [0.1, 0.15) is 6.42 Å². The van der Waals surface area contributed by atoms with Crippen LogP contribution < -0.4 is 0 Å². The Labute approximate surface area is 59.7 Å². The van der Waals surface area contributed by atoms with E-state index in [1.165, 1.54) is 0 Å². The molecule has 0 amide bonds. The lowest BCUT2D eigenvalue weighted by Gasteiger charge is -1.95. The Morgan fingerprint density at radius 3 is 2.80 bits per heavy atom. The molecule has 0 radical (unpaired) electrons. The van der Waals surface area contributed by atoms with Gasteiger partial charge >= 0.3 is 0 Å². The van der Waals surface area contributed by atoms with Gasteiger partial charge in [0.25, 0.3) is 0 Å². The standard InChI is InChI=1S/C7H10O3/c1-2-4-10-5-3-7(9)6-8/h2,6H,1,3-5H2. The van der Waals surface area contributed by atoms with Gasteiger partial charge in [-0.05, 0) is 0 Å². The Balaban J connectivity index is 3.11. The van der Waals surface area contributed by atoms with E-state index in [-0.39, 0.29) is 6.42 Å². The number of aldehydes is 1. The summed E-state index contributed by atoms with van der Waals surface area (Å²) in [5.74, 6) is -0.427. The van der Waals surface area contributed by atoms with Crippen LogP contribution in [0.2, 0.25) is 0 Å². The monoisotopic (exact) mass is 142 g/mol. The topological polar surface area (TPSA) is 43.4 Å². The van der Waals surface area contributed by atoms with Crippen LogP contribution in [0.3, 0.4) is 0 Å². The lowest BCUT2D eigenvalue weighted by Crippen LogP contribution is -2.04. The molecule has 0 aromatic heterocycles. The highest BCUT2D eigenvalue weighted by Crippen LogP contribution is 1.82. The summed E-state index contributed by atoms with van der Waals surface area (Å²) in [6, 6.07) is 0. The number of Topliss-reactive ketones (excluding diaryl/α,β-unsaturated/α-hetero) is 1. The predicted octanol–water partition coefficient (Wildman–Crippen LogP) is 0.347. The van der Waals surface area contributed by atoms with Crippen molar-refractivity contribution in [2.75, 3.05) is 13.2 Å². The van der Waals surface area contributed by atoms with Crippen molar-refractivity contribution in [2.24, 2.45) is 0 Å².